The van der Waals surface area contributed by atoms with Gasteiger partial charge in [0.15, 0.2) is 8.07 Å². The van der Waals surface area contributed by atoms with Gasteiger partial charge in [-0.3, -0.25) is 0 Å². The maximum Gasteiger partial charge on any atom is 0.179 e. The van der Waals surface area contributed by atoms with Crippen LogP contribution >= 0.6 is 0 Å². The maximum absolute atomic E-state index is 9.09. The average molecular weight is 1010 g/mol. The van der Waals surface area contributed by atoms with Gasteiger partial charge in [0.2, 0.25) is 0 Å². The van der Waals surface area contributed by atoms with Gasteiger partial charge in [0, 0.05) is 65.8 Å². The summed E-state index contributed by atoms with van der Waals surface area (Å²) < 4.78 is 81.4. The van der Waals surface area contributed by atoms with Crippen molar-refractivity contribution in [2.75, 3.05) is 0 Å². The van der Waals surface area contributed by atoms with Crippen LogP contribution in [0, 0.1) is 0 Å². The molecule has 5 heteroatoms. The third-order valence-corrected chi connectivity index (χ3v) is 20.7. The number of fused-ring (bicyclic) bond motifs is 12. The lowest BCUT2D eigenvalue weighted by atomic mass is 10.2. The summed E-state index contributed by atoms with van der Waals surface area (Å²) in [4.78, 5) is 0. The Bertz CT molecular complexity index is 4630. The van der Waals surface area contributed by atoms with E-state index >= 15 is 0 Å². The fourth-order valence-electron chi connectivity index (χ4n) is 12.8. The molecule has 0 radical (unpaired) electrons. The first-order valence-corrected chi connectivity index (χ1v) is 27.9. The minimum absolute atomic E-state index is 0.342. The summed E-state index contributed by atoms with van der Waals surface area (Å²) in [5.74, 6) is 0. The lowest BCUT2D eigenvalue weighted by Crippen LogP contribution is -2.75. The molecular formula is C72H48N4Si. The fourth-order valence-corrected chi connectivity index (χ4v) is 17.7. The third-order valence-electron chi connectivity index (χ3n) is 15.9. The number of hydrogen-bond donors (Lipinski definition) is 0. The predicted molar refractivity (Wildman–Crippen MR) is 327 cm³/mol. The highest BCUT2D eigenvalue weighted by atomic mass is 28.3. The zero-order valence-electron chi connectivity index (χ0n) is 49.4. The quantitative estimate of drug-likeness (QED) is 0.107. The number of aromatic nitrogens is 4. The van der Waals surface area contributed by atoms with Gasteiger partial charge in [-0.1, -0.05) is 206 Å². The van der Waals surface area contributed by atoms with Crippen LogP contribution in [0.15, 0.2) is 291 Å². The Morgan fingerprint density at radius 2 is 0.416 bits per heavy atom. The van der Waals surface area contributed by atoms with Gasteiger partial charge >= 0.3 is 0 Å². The molecular weight excluding hydrogens is 949 g/mol. The highest BCUT2D eigenvalue weighted by Crippen LogP contribution is 2.38. The molecule has 0 saturated carbocycles. The van der Waals surface area contributed by atoms with Crippen LogP contribution in [0.4, 0.5) is 0 Å². The van der Waals surface area contributed by atoms with Crippen LogP contribution in [-0.2, 0) is 0 Å². The van der Waals surface area contributed by atoms with Crippen LogP contribution in [0.25, 0.3) is 110 Å². The minimum Gasteiger partial charge on any atom is -0.309 e. The van der Waals surface area contributed by atoms with Gasteiger partial charge in [0.05, 0.1) is 55.1 Å². The zero-order valence-corrected chi connectivity index (χ0v) is 42.4. The van der Waals surface area contributed by atoms with E-state index in [0.29, 0.717) is 48.3 Å². The summed E-state index contributed by atoms with van der Waals surface area (Å²) in [7, 11) is -3.85. The average Bonchev–Trinajstić information content (AvgIpc) is 1.87. The van der Waals surface area contributed by atoms with Crippen molar-refractivity contribution >= 4 is 116 Å². The predicted octanol–water partition coefficient (Wildman–Crippen LogP) is 15.5. The number of benzene rings is 12. The first-order chi connectivity index (χ1) is 41.4. The lowest BCUT2D eigenvalue weighted by Gasteiger charge is -2.36. The molecule has 4 heterocycles. The number of nitrogens with zero attached hydrogens (tertiary/aromatic N) is 4. The van der Waals surface area contributed by atoms with Crippen LogP contribution in [0.3, 0.4) is 0 Å². The van der Waals surface area contributed by atoms with Crippen molar-refractivity contribution in [2.24, 2.45) is 0 Å². The largest absolute Gasteiger partial charge is 0.309 e. The van der Waals surface area contributed by atoms with Gasteiger partial charge in [-0.2, -0.15) is 0 Å². The monoisotopic (exact) mass is 1000 g/mol. The summed E-state index contributed by atoms with van der Waals surface area (Å²) >= 11 is 0. The molecule has 0 atom stereocenters. The van der Waals surface area contributed by atoms with E-state index in [1.807, 2.05) is 158 Å². The van der Waals surface area contributed by atoms with Gasteiger partial charge in [-0.15, -0.1) is 0 Å². The van der Waals surface area contributed by atoms with Crippen molar-refractivity contribution in [3.05, 3.63) is 291 Å². The Kier molecular flexibility index (Phi) is 7.99. The second-order valence-corrected chi connectivity index (χ2v) is 23.7. The summed E-state index contributed by atoms with van der Waals surface area (Å²) in [6.07, 6.45) is 0. The van der Waals surface area contributed by atoms with E-state index < -0.39 is 8.07 Å². The maximum atomic E-state index is 9.09. The highest BCUT2D eigenvalue weighted by molar-refractivity contribution is 7.20. The van der Waals surface area contributed by atoms with Gasteiger partial charge < -0.3 is 18.3 Å². The molecule has 77 heavy (non-hydrogen) atoms. The van der Waals surface area contributed by atoms with Crippen molar-refractivity contribution in [2.45, 2.75) is 0 Å². The van der Waals surface area contributed by atoms with E-state index in [1.54, 1.807) is 0 Å². The van der Waals surface area contributed by atoms with Crippen LogP contribution in [0.2, 0.25) is 0 Å². The van der Waals surface area contributed by atoms with Gasteiger partial charge in [0.25, 0.3) is 0 Å². The second-order valence-electron chi connectivity index (χ2n) is 19.8. The lowest BCUT2D eigenvalue weighted by molar-refractivity contribution is 1.14. The molecule has 4 nitrogen and oxygen atoms in total. The van der Waals surface area contributed by atoms with E-state index in [2.05, 4.69) is 103 Å². The standard InChI is InChI=1S/C72H48N4Si/c1-3-23-53(24-4-1)77(54-25-5-2-6-26-54,55-45-49(73-65-35-15-7-27-57(65)58-28-8-16-36-66(58)73)43-50(46-55)74-67-37-17-9-29-59(67)60-30-10-18-38-68(60)74)56-47-51(75-69-39-19-11-31-61(69)62-32-12-20-40-70(62)75)44-52(48-56)76-71-41-21-13-33-63(71)64-34-14-22-42-72(64)76/h1-48H/i15D,16D,17D,18D,19D,20D,21D,22D. The Morgan fingerprint density at radius 1 is 0.208 bits per heavy atom. The molecule has 0 amide bonds. The van der Waals surface area contributed by atoms with Gasteiger partial charge in [0.1, 0.15) is 0 Å². The van der Waals surface area contributed by atoms with E-state index in [4.69, 9.17) is 11.0 Å². The van der Waals surface area contributed by atoms with Crippen LogP contribution in [-0.4, -0.2) is 26.3 Å². The van der Waals surface area contributed by atoms with Crippen molar-refractivity contribution in [1.82, 2.24) is 18.3 Å². The minimum atomic E-state index is -3.85. The Labute approximate surface area is 457 Å². The van der Waals surface area contributed by atoms with Gasteiger partial charge in [-0.25, -0.2) is 0 Å². The first-order valence-electron chi connectivity index (χ1n) is 29.9. The Morgan fingerprint density at radius 3 is 0.623 bits per heavy atom. The molecule has 0 unspecified atom stereocenters. The molecule has 12 aromatic carbocycles. The van der Waals surface area contributed by atoms with E-state index in [0.717, 1.165) is 131 Å². The van der Waals surface area contributed by atoms with Crippen molar-refractivity contribution < 1.29 is 11.0 Å². The van der Waals surface area contributed by atoms with Crippen molar-refractivity contribution in [1.29, 1.82) is 0 Å². The highest BCUT2D eigenvalue weighted by Gasteiger charge is 2.43. The normalized spacial score (nSPS) is 13.6. The van der Waals surface area contributed by atoms with E-state index in [1.165, 1.54) is 0 Å². The molecule has 4 aromatic heterocycles. The number of rotatable bonds is 8. The van der Waals surface area contributed by atoms with Crippen LogP contribution < -0.4 is 20.7 Å². The zero-order chi connectivity index (χ0) is 57.6. The van der Waals surface area contributed by atoms with Crippen molar-refractivity contribution in [3.8, 4) is 22.7 Å². The molecule has 0 N–H and O–H groups in total. The smallest absolute Gasteiger partial charge is 0.179 e. The number of para-hydroxylation sites is 8. The molecule has 0 spiro atoms. The molecule has 16 aromatic rings. The molecule has 0 saturated heterocycles. The molecule has 0 aliphatic heterocycles. The second kappa shape index (κ2) is 17.0. The topological polar surface area (TPSA) is 19.7 Å². The SMILES string of the molecule is [2H]c1ccc2c3ccc([2H])cc3n(-c3cc(-n4c5cc([2H])ccc5c5ccc([2H])cc54)cc([Si](c4ccccc4)(c4ccccc4)c4cc(-n5c6cc([2H])ccc6c6ccc([2H])cc65)cc(-n5c6cc([2H])ccc6c6ccc([2H])cc65)c4)c3)c2c1. The van der Waals surface area contributed by atoms with Gasteiger partial charge in [-0.05, 0) is 106 Å². The van der Waals surface area contributed by atoms with E-state index in [-0.39, 0.29) is 0 Å². The summed E-state index contributed by atoms with van der Waals surface area (Å²) in [6.45, 7) is 0. The molecule has 16 rings (SSSR count). The summed E-state index contributed by atoms with van der Waals surface area (Å²) in [6, 6.07) is 83.3. The molecule has 0 aliphatic rings. The summed E-state index contributed by atoms with van der Waals surface area (Å²) in [5.41, 5.74) is 9.57. The number of hydrogen-bond acceptors (Lipinski definition) is 0. The van der Waals surface area contributed by atoms with Crippen molar-refractivity contribution in [3.63, 3.8) is 0 Å². The third kappa shape index (κ3) is 6.38. The molecule has 0 aliphatic carbocycles. The Hall–Kier alpha value is -9.94. The van der Waals surface area contributed by atoms with Crippen LogP contribution in [0.1, 0.15) is 11.0 Å². The Balaban J connectivity index is 1.13. The summed E-state index contributed by atoms with van der Waals surface area (Å²) in [5, 5.41) is 11.6. The molecule has 0 fully saturated rings. The van der Waals surface area contributed by atoms with E-state index in [9.17, 15) is 0 Å². The molecule has 0 bridgehead atoms. The first kappa shape index (κ1) is 36.1. The fraction of sp³-hybridized carbons (Fsp3) is 0. The molecule has 360 valence electrons. The van der Waals surface area contributed by atoms with Crippen LogP contribution in [0.5, 0.6) is 0 Å².